The fourth-order valence-electron chi connectivity index (χ4n) is 2.32. The van der Waals surface area contributed by atoms with Crippen LogP contribution in [0.2, 0.25) is 10.0 Å². The number of rotatable bonds is 7. The first-order chi connectivity index (χ1) is 12.2. The van der Waals surface area contributed by atoms with Crippen molar-refractivity contribution in [1.82, 2.24) is 4.72 Å². The molecule has 9 heteroatoms. The van der Waals surface area contributed by atoms with Gasteiger partial charge in [0.15, 0.2) is 0 Å². The van der Waals surface area contributed by atoms with E-state index in [0.29, 0.717) is 27.0 Å². The highest BCUT2D eigenvalue weighted by Gasteiger charge is 2.20. The lowest BCUT2D eigenvalue weighted by Crippen LogP contribution is -2.30. The molecule has 0 bridgehead atoms. The molecule has 0 aliphatic rings. The molecule has 0 saturated heterocycles. The lowest BCUT2D eigenvalue weighted by Gasteiger charge is -2.18. The van der Waals surface area contributed by atoms with Crippen molar-refractivity contribution in [3.05, 3.63) is 58.1 Å². The predicted octanol–water partition coefficient (Wildman–Crippen LogP) is 3.62. The van der Waals surface area contributed by atoms with Crippen LogP contribution in [-0.4, -0.2) is 27.7 Å². The summed E-state index contributed by atoms with van der Waals surface area (Å²) in [4.78, 5) is 12.4. The number of nitrogens with one attached hydrogen (secondary N) is 2. The Labute approximate surface area is 162 Å². The molecule has 0 heterocycles. The van der Waals surface area contributed by atoms with Gasteiger partial charge in [0.2, 0.25) is 15.9 Å². The first kappa shape index (κ1) is 20.5. The van der Waals surface area contributed by atoms with Crippen LogP contribution in [0.25, 0.3) is 0 Å². The van der Waals surface area contributed by atoms with Crippen molar-refractivity contribution in [2.75, 3.05) is 18.7 Å². The number of benzene rings is 2. The van der Waals surface area contributed by atoms with Crippen LogP contribution < -0.4 is 14.8 Å². The molecule has 1 amide bonds. The summed E-state index contributed by atoms with van der Waals surface area (Å²) >= 11 is 11.9. The highest BCUT2D eigenvalue weighted by molar-refractivity contribution is 7.88. The monoisotopic (exact) mass is 416 g/mol. The Bertz CT molecular complexity index is 886. The molecule has 2 aromatic rings. The molecule has 1 atom stereocenters. The van der Waals surface area contributed by atoms with Gasteiger partial charge >= 0.3 is 0 Å². The first-order valence-corrected chi connectivity index (χ1v) is 10.2. The van der Waals surface area contributed by atoms with Crippen LogP contribution in [0, 0.1) is 0 Å². The molecule has 2 N–H and O–H groups in total. The summed E-state index contributed by atoms with van der Waals surface area (Å²) in [5.74, 6) is 0.116. The predicted molar refractivity (Wildman–Crippen MR) is 103 cm³/mol. The van der Waals surface area contributed by atoms with Gasteiger partial charge in [-0.15, -0.1) is 0 Å². The number of carbonyl (C=O) groups is 1. The summed E-state index contributed by atoms with van der Waals surface area (Å²) in [6.45, 7) is 0. The number of halogens is 2. The number of anilines is 1. The summed E-state index contributed by atoms with van der Waals surface area (Å²) in [7, 11) is -2.02. The van der Waals surface area contributed by atoms with Crippen molar-refractivity contribution in [1.29, 1.82) is 0 Å². The van der Waals surface area contributed by atoms with Crippen molar-refractivity contribution in [3.63, 3.8) is 0 Å². The minimum Gasteiger partial charge on any atom is -0.495 e. The molecule has 0 aromatic heterocycles. The van der Waals surface area contributed by atoms with Crippen molar-refractivity contribution in [2.24, 2.45) is 0 Å². The minimum absolute atomic E-state index is 0.0989. The lowest BCUT2D eigenvalue weighted by atomic mass is 10.0. The molecule has 0 unspecified atom stereocenters. The molecule has 0 fully saturated rings. The zero-order chi connectivity index (χ0) is 19.3. The van der Waals surface area contributed by atoms with E-state index in [-0.39, 0.29) is 12.3 Å². The lowest BCUT2D eigenvalue weighted by molar-refractivity contribution is -0.116. The van der Waals surface area contributed by atoms with Gasteiger partial charge in [0.1, 0.15) is 5.75 Å². The summed E-state index contributed by atoms with van der Waals surface area (Å²) in [6.07, 6.45) is 0.940. The Morgan fingerprint density at radius 1 is 1.15 bits per heavy atom. The molecule has 2 aromatic carbocycles. The Hall–Kier alpha value is -1.80. The second-order valence-electron chi connectivity index (χ2n) is 5.60. The van der Waals surface area contributed by atoms with E-state index in [9.17, 15) is 13.2 Å². The van der Waals surface area contributed by atoms with Crippen LogP contribution in [0.1, 0.15) is 18.0 Å². The molecule has 0 saturated carbocycles. The van der Waals surface area contributed by atoms with E-state index in [0.717, 1.165) is 6.26 Å². The minimum atomic E-state index is -3.52. The molecule has 0 aliphatic heterocycles. The fourth-order valence-corrected chi connectivity index (χ4v) is 3.44. The van der Waals surface area contributed by atoms with Gasteiger partial charge in [-0.25, -0.2) is 13.1 Å². The largest absolute Gasteiger partial charge is 0.495 e. The molecule has 0 radical (unpaired) electrons. The van der Waals surface area contributed by atoms with Crippen LogP contribution >= 0.6 is 23.2 Å². The quantitative estimate of drug-likeness (QED) is 0.721. The van der Waals surface area contributed by atoms with E-state index in [1.165, 1.54) is 7.11 Å². The Morgan fingerprint density at radius 3 is 2.35 bits per heavy atom. The number of hydrogen-bond acceptors (Lipinski definition) is 4. The van der Waals surface area contributed by atoms with Crippen molar-refractivity contribution >= 4 is 44.8 Å². The van der Waals surface area contributed by atoms with Crippen LogP contribution in [-0.2, 0) is 14.8 Å². The van der Waals surface area contributed by atoms with E-state index in [2.05, 4.69) is 10.0 Å². The smallest absolute Gasteiger partial charge is 0.226 e. The highest BCUT2D eigenvalue weighted by atomic mass is 35.5. The van der Waals surface area contributed by atoms with E-state index in [1.807, 2.05) is 0 Å². The first-order valence-electron chi connectivity index (χ1n) is 7.54. The van der Waals surface area contributed by atoms with E-state index >= 15 is 0 Å². The Morgan fingerprint density at radius 2 is 1.81 bits per heavy atom. The maximum atomic E-state index is 12.4. The highest BCUT2D eigenvalue weighted by Crippen LogP contribution is 2.28. The molecule has 0 aliphatic carbocycles. The zero-order valence-corrected chi connectivity index (χ0v) is 16.5. The topological polar surface area (TPSA) is 84.5 Å². The maximum Gasteiger partial charge on any atom is 0.226 e. The zero-order valence-electron chi connectivity index (χ0n) is 14.1. The summed E-state index contributed by atoms with van der Waals surface area (Å²) in [5.41, 5.74) is 1.11. The van der Waals surface area contributed by atoms with Gasteiger partial charge in [-0.05, 0) is 35.9 Å². The third-order valence-electron chi connectivity index (χ3n) is 3.45. The van der Waals surface area contributed by atoms with Crippen LogP contribution in [0.3, 0.4) is 0 Å². The number of hydrogen-bond donors (Lipinski definition) is 2. The number of sulfonamides is 1. The SMILES string of the molecule is COc1ccc(NC(=O)C[C@@H](NS(C)(=O)=O)c2ccc(Cl)cc2)cc1Cl. The average Bonchev–Trinajstić information content (AvgIpc) is 2.54. The van der Waals surface area contributed by atoms with Gasteiger partial charge < -0.3 is 10.1 Å². The normalized spacial score (nSPS) is 12.5. The number of carbonyl (C=O) groups excluding carboxylic acids is 1. The van der Waals surface area contributed by atoms with Crippen molar-refractivity contribution in [2.45, 2.75) is 12.5 Å². The van der Waals surface area contributed by atoms with E-state index in [4.69, 9.17) is 27.9 Å². The molecule has 6 nitrogen and oxygen atoms in total. The Balaban J connectivity index is 2.15. The molecular formula is C17H18Cl2N2O4S. The summed E-state index contributed by atoms with van der Waals surface area (Å²) in [6, 6.07) is 10.7. The van der Waals surface area contributed by atoms with E-state index < -0.39 is 16.1 Å². The standard InChI is InChI=1S/C17H18Cl2N2O4S/c1-25-16-8-7-13(9-14(16)19)20-17(22)10-15(21-26(2,23)24)11-3-5-12(18)6-4-11/h3-9,15,21H,10H2,1-2H3,(H,20,22)/t15-/m1/s1. The van der Waals surface area contributed by atoms with Gasteiger partial charge in [-0.3, -0.25) is 4.79 Å². The second kappa shape index (κ2) is 8.73. The summed E-state index contributed by atoms with van der Waals surface area (Å²) in [5, 5.41) is 3.56. The van der Waals surface area contributed by atoms with Gasteiger partial charge in [0.25, 0.3) is 0 Å². The fraction of sp³-hybridized carbons (Fsp3) is 0.235. The van der Waals surface area contributed by atoms with Gasteiger partial charge in [0, 0.05) is 17.1 Å². The van der Waals surface area contributed by atoms with Gasteiger partial charge in [-0.2, -0.15) is 0 Å². The number of amides is 1. The average molecular weight is 417 g/mol. The second-order valence-corrected chi connectivity index (χ2v) is 8.22. The maximum absolute atomic E-state index is 12.4. The van der Waals surface area contributed by atoms with Crippen LogP contribution in [0.15, 0.2) is 42.5 Å². The third-order valence-corrected chi connectivity index (χ3v) is 4.71. The van der Waals surface area contributed by atoms with Crippen LogP contribution in [0.4, 0.5) is 5.69 Å². The molecule has 0 spiro atoms. The van der Waals surface area contributed by atoms with Gasteiger partial charge in [0.05, 0.1) is 24.4 Å². The third kappa shape index (κ3) is 6.17. The van der Waals surface area contributed by atoms with Crippen LogP contribution in [0.5, 0.6) is 5.75 Å². The van der Waals surface area contributed by atoms with Crippen molar-refractivity contribution < 1.29 is 17.9 Å². The van der Waals surface area contributed by atoms with Crippen molar-refractivity contribution in [3.8, 4) is 5.75 Å². The van der Waals surface area contributed by atoms with E-state index in [1.54, 1.807) is 42.5 Å². The molecule has 140 valence electrons. The van der Waals surface area contributed by atoms with Gasteiger partial charge in [-0.1, -0.05) is 35.3 Å². The number of ether oxygens (including phenoxy) is 1. The molecular weight excluding hydrogens is 399 g/mol. The summed E-state index contributed by atoms with van der Waals surface area (Å²) < 4.78 is 30.8. The number of methoxy groups -OCH3 is 1. The molecule has 2 rings (SSSR count). The Kier molecular flexibility index (Phi) is 6.88. The molecule has 26 heavy (non-hydrogen) atoms.